The van der Waals surface area contributed by atoms with Crippen LogP contribution in [0.1, 0.15) is 24.2 Å². The maximum absolute atomic E-state index is 11.2. The average Bonchev–Trinajstić information content (AvgIpc) is 2.67. The van der Waals surface area contributed by atoms with Crippen LogP contribution in [0.3, 0.4) is 0 Å². The number of hydrogen-bond donors (Lipinski definition) is 1. The SMILES string of the molecule is COC(=O)COc1cccc(CC(C)NCC(OC)c2cccc(Cl)c2)c1. The van der Waals surface area contributed by atoms with Crippen molar-refractivity contribution in [3.05, 3.63) is 64.7 Å². The van der Waals surface area contributed by atoms with Crippen molar-refractivity contribution < 1.29 is 19.0 Å². The Hall–Kier alpha value is -2.08. The first-order valence-electron chi connectivity index (χ1n) is 8.82. The molecule has 2 aromatic rings. The van der Waals surface area contributed by atoms with Gasteiger partial charge in [-0.15, -0.1) is 0 Å². The Bertz CT molecular complexity index is 738. The molecular weight excluding hydrogens is 366 g/mol. The van der Waals surface area contributed by atoms with Crippen LogP contribution in [0, 0.1) is 0 Å². The second-order valence-electron chi connectivity index (χ2n) is 6.30. The van der Waals surface area contributed by atoms with Crippen LogP contribution in [-0.2, 0) is 20.7 Å². The maximum atomic E-state index is 11.2. The zero-order valence-electron chi connectivity index (χ0n) is 15.9. The van der Waals surface area contributed by atoms with Crippen LogP contribution in [-0.4, -0.2) is 39.4 Å². The highest BCUT2D eigenvalue weighted by molar-refractivity contribution is 6.30. The summed E-state index contributed by atoms with van der Waals surface area (Å²) < 4.78 is 15.6. The Morgan fingerprint density at radius 2 is 1.93 bits per heavy atom. The summed E-state index contributed by atoms with van der Waals surface area (Å²) in [5, 5.41) is 4.20. The van der Waals surface area contributed by atoms with Crippen LogP contribution in [0.25, 0.3) is 0 Å². The van der Waals surface area contributed by atoms with Crippen LogP contribution >= 0.6 is 11.6 Å². The van der Waals surface area contributed by atoms with Crippen molar-refractivity contribution in [2.45, 2.75) is 25.5 Å². The fourth-order valence-corrected chi connectivity index (χ4v) is 2.94. The van der Waals surface area contributed by atoms with E-state index in [9.17, 15) is 4.79 Å². The fourth-order valence-electron chi connectivity index (χ4n) is 2.74. The number of benzene rings is 2. The highest BCUT2D eigenvalue weighted by Crippen LogP contribution is 2.20. The predicted octanol–water partition coefficient (Wildman–Crippen LogP) is 3.80. The van der Waals surface area contributed by atoms with E-state index in [4.69, 9.17) is 21.1 Å². The number of nitrogens with one attached hydrogen (secondary N) is 1. The van der Waals surface area contributed by atoms with E-state index in [2.05, 4.69) is 17.0 Å². The maximum Gasteiger partial charge on any atom is 0.343 e. The minimum absolute atomic E-state index is 0.0686. The normalized spacial score (nSPS) is 13.0. The van der Waals surface area contributed by atoms with Gasteiger partial charge in [0.05, 0.1) is 13.2 Å². The largest absolute Gasteiger partial charge is 0.482 e. The molecule has 2 unspecified atom stereocenters. The van der Waals surface area contributed by atoms with Crippen molar-refractivity contribution in [2.75, 3.05) is 27.4 Å². The Balaban J connectivity index is 1.87. The topological polar surface area (TPSA) is 56.8 Å². The molecule has 0 aromatic heterocycles. The third-order valence-corrected chi connectivity index (χ3v) is 4.42. The van der Waals surface area contributed by atoms with Crippen molar-refractivity contribution in [1.82, 2.24) is 5.32 Å². The molecule has 0 fully saturated rings. The first-order chi connectivity index (χ1) is 13.0. The first-order valence-corrected chi connectivity index (χ1v) is 9.19. The van der Waals surface area contributed by atoms with Crippen molar-refractivity contribution in [3.63, 3.8) is 0 Å². The monoisotopic (exact) mass is 391 g/mol. The molecule has 5 nitrogen and oxygen atoms in total. The number of carbonyl (C=O) groups excluding carboxylic acids is 1. The highest BCUT2D eigenvalue weighted by atomic mass is 35.5. The molecule has 0 amide bonds. The van der Waals surface area contributed by atoms with E-state index in [0.29, 0.717) is 17.3 Å². The lowest BCUT2D eigenvalue weighted by Gasteiger charge is -2.20. The molecule has 2 aromatic carbocycles. The Labute approximate surface area is 165 Å². The molecule has 1 N–H and O–H groups in total. The molecule has 2 atom stereocenters. The van der Waals surface area contributed by atoms with E-state index in [1.165, 1.54) is 7.11 Å². The number of ether oxygens (including phenoxy) is 3. The summed E-state index contributed by atoms with van der Waals surface area (Å²) in [5.41, 5.74) is 2.16. The molecule has 27 heavy (non-hydrogen) atoms. The van der Waals surface area contributed by atoms with Crippen LogP contribution in [0.15, 0.2) is 48.5 Å². The average molecular weight is 392 g/mol. The van der Waals surface area contributed by atoms with Gasteiger partial charge in [0.25, 0.3) is 0 Å². The molecule has 0 aliphatic heterocycles. The summed E-state index contributed by atoms with van der Waals surface area (Å²) in [7, 11) is 3.03. The number of hydrogen-bond acceptors (Lipinski definition) is 5. The van der Waals surface area contributed by atoms with E-state index >= 15 is 0 Å². The van der Waals surface area contributed by atoms with Crippen molar-refractivity contribution in [3.8, 4) is 5.75 Å². The van der Waals surface area contributed by atoms with Gasteiger partial charge in [-0.05, 0) is 48.7 Å². The Morgan fingerprint density at radius 1 is 1.15 bits per heavy atom. The van der Waals surface area contributed by atoms with Crippen LogP contribution in [0.4, 0.5) is 0 Å². The second-order valence-corrected chi connectivity index (χ2v) is 6.74. The summed E-state index contributed by atoms with van der Waals surface area (Å²) >= 11 is 6.07. The number of methoxy groups -OCH3 is 2. The molecule has 0 saturated heterocycles. The Morgan fingerprint density at radius 3 is 2.63 bits per heavy atom. The van der Waals surface area contributed by atoms with Gasteiger partial charge in [0.2, 0.25) is 0 Å². The summed E-state index contributed by atoms with van der Waals surface area (Å²) in [6, 6.07) is 15.6. The summed E-state index contributed by atoms with van der Waals surface area (Å²) in [6.45, 7) is 2.70. The quantitative estimate of drug-likeness (QED) is 0.624. The van der Waals surface area contributed by atoms with Crippen LogP contribution in [0.5, 0.6) is 5.75 Å². The third-order valence-electron chi connectivity index (χ3n) is 4.18. The summed E-state index contributed by atoms with van der Waals surface area (Å²) in [5.74, 6) is 0.251. The van der Waals surface area contributed by atoms with Gasteiger partial charge in [0, 0.05) is 24.7 Å². The van der Waals surface area contributed by atoms with Crippen molar-refractivity contribution >= 4 is 17.6 Å². The van der Waals surface area contributed by atoms with Crippen LogP contribution in [0.2, 0.25) is 5.02 Å². The van der Waals surface area contributed by atoms with Crippen LogP contribution < -0.4 is 10.1 Å². The van der Waals surface area contributed by atoms with Gasteiger partial charge >= 0.3 is 5.97 Å². The number of esters is 1. The standard InChI is InChI=1S/C21H26ClNO4/c1-15(23-13-20(25-2)17-7-5-8-18(22)12-17)10-16-6-4-9-19(11-16)27-14-21(24)26-3/h4-9,11-12,15,20,23H,10,13-14H2,1-3H3. The highest BCUT2D eigenvalue weighted by Gasteiger charge is 2.13. The first kappa shape index (κ1) is 21.2. The van der Waals surface area contributed by atoms with E-state index in [1.54, 1.807) is 7.11 Å². The summed E-state index contributed by atoms with van der Waals surface area (Å²) in [4.78, 5) is 11.2. The lowest BCUT2D eigenvalue weighted by atomic mass is 10.1. The van der Waals surface area contributed by atoms with Gasteiger partial charge in [-0.2, -0.15) is 0 Å². The van der Waals surface area contributed by atoms with Crippen molar-refractivity contribution in [2.24, 2.45) is 0 Å². The van der Waals surface area contributed by atoms with Gasteiger partial charge < -0.3 is 19.5 Å². The molecule has 0 bridgehead atoms. The molecule has 0 radical (unpaired) electrons. The molecule has 0 heterocycles. The molecule has 146 valence electrons. The van der Waals surface area contributed by atoms with E-state index < -0.39 is 5.97 Å². The molecular formula is C21H26ClNO4. The minimum Gasteiger partial charge on any atom is -0.482 e. The van der Waals surface area contributed by atoms with Gasteiger partial charge in [-0.3, -0.25) is 0 Å². The zero-order chi connectivity index (χ0) is 19.6. The fraction of sp³-hybridized carbons (Fsp3) is 0.381. The third kappa shape index (κ3) is 7.21. The molecule has 6 heteroatoms. The molecule has 0 aliphatic carbocycles. The number of rotatable bonds is 10. The lowest BCUT2D eigenvalue weighted by Crippen LogP contribution is -2.32. The van der Waals surface area contributed by atoms with E-state index in [1.807, 2.05) is 48.5 Å². The van der Waals surface area contributed by atoms with E-state index in [-0.39, 0.29) is 18.8 Å². The summed E-state index contributed by atoms with van der Waals surface area (Å²) in [6.07, 6.45) is 0.752. The lowest BCUT2D eigenvalue weighted by molar-refractivity contribution is -0.142. The zero-order valence-corrected chi connectivity index (χ0v) is 16.7. The van der Waals surface area contributed by atoms with Crippen molar-refractivity contribution in [1.29, 1.82) is 0 Å². The smallest absolute Gasteiger partial charge is 0.343 e. The molecule has 2 rings (SSSR count). The van der Waals surface area contributed by atoms with E-state index in [0.717, 1.165) is 17.5 Å². The molecule has 0 spiro atoms. The number of halogens is 1. The van der Waals surface area contributed by atoms with Gasteiger partial charge in [-0.1, -0.05) is 35.9 Å². The molecule has 0 saturated carbocycles. The van der Waals surface area contributed by atoms with Gasteiger partial charge in [-0.25, -0.2) is 4.79 Å². The van der Waals surface area contributed by atoms with Gasteiger partial charge in [0.15, 0.2) is 6.61 Å². The Kier molecular flexibility index (Phi) is 8.58. The second kappa shape index (κ2) is 10.9. The number of carbonyl (C=O) groups is 1. The van der Waals surface area contributed by atoms with Gasteiger partial charge in [0.1, 0.15) is 5.75 Å². The molecule has 0 aliphatic rings. The minimum atomic E-state index is -0.401. The predicted molar refractivity (Wildman–Crippen MR) is 106 cm³/mol.